The summed E-state index contributed by atoms with van der Waals surface area (Å²) >= 11 is 0. The van der Waals surface area contributed by atoms with Gasteiger partial charge in [0.2, 0.25) is 11.9 Å². The number of hydrogen-bond donors (Lipinski definition) is 2. The SMILES string of the molecule is Nc1nccc(-c2c3c(F)ccnc3n3c(N)nccc23)n1. The monoisotopic (exact) mass is 295 g/mol. The molecule has 8 heteroatoms. The number of nitrogens with zero attached hydrogens (tertiary/aromatic N) is 5. The second kappa shape index (κ2) is 4.35. The fraction of sp³-hybridized carbons (Fsp3) is 0. The fourth-order valence-electron chi connectivity index (χ4n) is 2.59. The minimum absolute atomic E-state index is 0.108. The molecule has 0 aliphatic carbocycles. The van der Waals surface area contributed by atoms with Crippen molar-refractivity contribution in [3.05, 3.63) is 42.6 Å². The van der Waals surface area contributed by atoms with Crippen LogP contribution in [0.15, 0.2) is 36.8 Å². The first-order valence-electron chi connectivity index (χ1n) is 6.45. The fourth-order valence-corrected chi connectivity index (χ4v) is 2.59. The van der Waals surface area contributed by atoms with Crippen molar-refractivity contribution in [3.63, 3.8) is 0 Å². The van der Waals surface area contributed by atoms with Gasteiger partial charge in [0.1, 0.15) is 5.82 Å². The van der Waals surface area contributed by atoms with E-state index in [1.807, 2.05) is 0 Å². The Morgan fingerprint density at radius 2 is 1.73 bits per heavy atom. The highest BCUT2D eigenvalue weighted by atomic mass is 19.1. The molecule has 0 spiro atoms. The summed E-state index contributed by atoms with van der Waals surface area (Å²) < 4.78 is 16.0. The molecular formula is C14H10FN7. The highest BCUT2D eigenvalue weighted by Gasteiger charge is 2.20. The molecule has 4 aromatic heterocycles. The number of anilines is 2. The maximum atomic E-state index is 14.4. The zero-order valence-electron chi connectivity index (χ0n) is 11.2. The summed E-state index contributed by atoms with van der Waals surface area (Å²) in [5.41, 5.74) is 13.7. The summed E-state index contributed by atoms with van der Waals surface area (Å²) in [6.07, 6.45) is 4.45. The molecule has 0 aromatic carbocycles. The summed E-state index contributed by atoms with van der Waals surface area (Å²) in [5.74, 6) is -0.0921. The molecule has 0 radical (unpaired) electrons. The summed E-state index contributed by atoms with van der Waals surface area (Å²) in [6.45, 7) is 0. The molecule has 0 saturated carbocycles. The van der Waals surface area contributed by atoms with E-state index in [0.29, 0.717) is 27.8 Å². The summed E-state index contributed by atoms with van der Waals surface area (Å²) in [4.78, 5) is 16.3. The zero-order chi connectivity index (χ0) is 15.3. The van der Waals surface area contributed by atoms with Crippen molar-refractivity contribution in [1.29, 1.82) is 0 Å². The zero-order valence-corrected chi connectivity index (χ0v) is 11.2. The molecule has 4 rings (SSSR count). The van der Waals surface area contributed by atoms with Gasteiger partial charge in [-0.25, -0.2) is 24.3 Å². The first-order valence-corrected chi connectivity index (χ1v) is 6.45. The predicted molar refractivity (Wildman–Crippen MR) is 80.3 cm³/mol. The van der Waals surface area contributed by atoms with Gasteiger partial charge in [-0.15, -0.1) is 0 Å². The van der Waals surface area contributed by atoms with Crippen LogP contribution in [-0.2, 0) is 0 Å². The van der Waals surface area contributed by atoms with Crippen molar-refractivity contribution >= 4 is 28.4 Å². The van der Waals surface area contributed by atoms with Crippen LogP contribution in [0.5, 0.6) is 0 Å². The van der Waals surface area contributed by atoms with Crippen molar-refractivity contribution in [1.82, 2.24) is 24.3 Å². The Labute approximate surface area is 123 Å². The van der Waals surface area contributed by atoms with Crippen molar-refractivity contribution < 1.29 is 4.39 Å². The number of pyridine rings is 1. The Hall–Kier alpha value is -3.29. The van der Waals surface area contributed by atoms with Gasteiger partial charge in [0, 0.05) is 24.2 Å². The van der Waals surface area contributed by atoms with Crippen molar-refractivity contribution in [2.24, 2.45) is 0 Å². The van der Waals surface area contributed by atoms with Crippen LogP contribution >= 0.6 is 0 Å². The van der Waals surface area contributed by atoms with Gasteiger partial charge in [0.25, 0.3) is 0 Å². The third kappa shape index (κ3) is 1.60. The van der Waals surface area contributed by atoms with E-state index in [1.165, 1.54) is 18.5 Å². The number of halogens is 1. The van der Waals surface area contributed by atoms with E-state index in [4.69, 9.17) is 11.5 Å². The molecule has 22 heavy (non-hydrogen) atoms. The van der Waals surface area contributed by atoms with Crippen molar-refractivity contribution in [2.75, 3.05) is 11.5 Å². The van der Waals surface area contributed by atoms with E-state index in [-0.39, 0.29) is 11.9 Å². The first-order chi connectivity index (χ1) is 10.7. The van der Waals surface area contributed by atoms with Gasteiger partial charge in [-0.3, -0.25) is 4.40 Å². The van der Waals surface area contributed by atoms with E-state index in [9.17, 15) is 4.39 Å². The normalized spacial score (nSPS) is 11.3. The largest absolute Gasteiger partial charge is 0.369 e. The summed E-state index contributed by atoms with van der Waals surface area (Å²) in [5, 5.41) is 0.320. The van der Waals surface area contributed by atoms with Crippen LogP contribution in [0.3, 0.4) is 0 Å². The molecule has 0 unspecified atom stereocenters. The maximum Gasteiger partial charge on any atom is 0.220 e. The lowest BCUT2D eigenvalue weighted by atomic mass is 10.1. The van der Waals surface area contributed by atoms with Gasteiger partial charge in [0.05, 0.1) is 16.6 Å². The van der Waals surface area contributed by atoms with Crippen LogP contribution in [-0.4, -0.2) is 24.3 Å². The van der Waals surface area contributed by atoms with Crippen molar-refractivity contribution in [3.8, 4) is 11.3 Å². The summed E-state index contributed by atoms with van der Waals surface area (Å²) in [7, 11) is 0. The first kappa shape index (κ1) is 12.5. The Balaban J connectivity index is 2.27. The van der Waals surface area contributed by atoms with Gasteiger partial charge in [0.15, 0.2) is 5.65 Å². The molecule has 0 aliphatic rings. The number of nitrogens with two attached hydrogens (primary N) is 2. The van der Waals surface area contributed by atoms with Gasteiger partial charge < -0.3 is 11.5 Å². The standard InChI is InChI=1S/C14H10FN7/c15-7-1-4-18-12-10(7)11(8-2-5-19-13(16)21-8)9-3-6-20-14(17)22(9)12/h1-6H,(H2,17,20)(H2,16,19,21). The van der Waals surface area contributed by atoms with E-state index >= 15 is 0 Å². The Kier molecular flexibility index (Phi) is 2.46. The van der Waals surface area contributed by atoms with E-state index in [1.54, 1.807) is 22.7 Å². The molecule has 0 amide bonds. The molecule has 4 N–H and O–H groups in total. The minimum atomic E-state index is -0.416. The van der Waals surface area contributed by atoms with Gasteiger partial charge in [-0.2, -0.15) is 0 Å². The van der Waals surface area contributed by atoms with Gasteiger partial charge >= 0.3 is 0 Å². The second-order valence-corrected chi connectivity index (χ2v) is 4.69. The Morgan fingerprint density at radius 3 is 2.55 bits per heavy atom. The maximum absolute atomic E-state index is 14.4. The van der Waals surface area contributed by atoms with Crippen LogP contribution in [0.4, 0.5) is 16.3 Å². The molecule has 108 valence electrons. The molecule has 0 aliphatic heterocycles. The molecule has 4 aromatic rings. The van der Waals surface area contributed by atoms with E-state index in [2.05, 4.69) is 19.9 Å². The highest BCUT2D eigenvalue weighted by molar-refractivity contribution is 6.04. The summed E-state index contributed by atoms with van der Waals surface area (Å²) in [6, 6.07) is 4.68. The molecule has 0 saturated heterocycles. The van der Waals surface area contributed by atoms with Gasteiger partial charge in [-0.1, -0.05) is 0 Å². The third-order valence-corrected chi connectivity index (χ3v) is 3.44. The second-order valence-electron chi connectivity index (χ2n) is 4.69. The van der Waals surface area contributed by atoms with Crippen LogP contribution < -0.4 is 11.5 Å². The van der Waals surface area contributed by atoms with Crippen LogP contribution in [0.25, 0.3) is 27.8 Å². The quantitative estimate of drug-likeness (QED) is 0.552. The number of nitrogen functional groups attached to an aromatic ring is 2. The number of aromatic nitrogens is 5. The third-order valence-electron chi connectivity index (χ3n) is 3.44. The molecule has 0 atom stereocenters. The molecule has 0 bridgehead atoms. The van der Waals surface area contributed by atoms with Gasteiger partial charge in [-0.05, 0) is 18.2 Å². The molecular weight excluding hydrogens is 285 g/mol. The van der Waals surface area contributed by atoms with E-state index < -0.39 is 5.82 Å². The lowest BCUT2D eigenvalue weighted by Crippen LogP contribution is -2.00. The average molecular weight is 295 g/mol. The number of fused-ring (bicyclic) bond motifs is 3. The molecule has 4 heterocycles. The van der Waals surface area contributed by atoms with Crippen LogP contribution in [0, 0.1) is 5.82 Å². The minimum Gasteiger partial charge on any atom is -0.369 e. The smallest absolute Gasteiger partial charge is 0.220 e. The lowest BCUT2D eigenvalue weighted by molar-refractivity contribution is 0.638. The number of hydrogen-bond acceptors (Lipinski definition) is 6. The Morgan fingerprint density at radius 1 is 0.955 bits per heavy atom. The molecule has 7 nitrogen and oxygen atoms in total. The predicted octanol–water partition coefficient (Wildman–Crippen LogP) is 1.64. The van der Waals surface area contributed by atoms with Crippen LogP contribution in [0.1, 0.15) is 0 Å². The Bertz CT molecular complexity index is 1020. The average Bonchev–Trinajstić information content (AvgIpc) is 2.84. The van der Waals surface area contributed by atoms with Crippen LogP contribution in [0.2, 0.25) is 0 Å². The lowest BCUT2D eigenvalue weighted by Gasteiger charge is -2.02. The van der Waals surface area contributed by atoms with E-state index in [0.717, 1.165) is 0 Å². The topological polar surface area (TPSA) is 108 Å². The number of rotatable bonds is 1. The molecule has 0 fully saturated rings. The van der Waals surface area contributed by atoms with Crippen molar-refractivity contribution in [2.45, 2.75) is 0 Å². The highest BCUT2D eigenvalue weighted by Crippen LogP contribution is 2.35.